The van der Waals surface area contributed by atoms with Crippen molar-refractivity contribution >= 4 is 50.5 Å². The second kappa shape index (κ2) is 6.47. The van der Waals surface area contributed by atoms with E-state index in [0.29, 0.717) is 15.7 Å². The minimum Gasteiger partial charge on any atom is -0.375 e. The molecule has 0 bridgehead atoms. The van der Waals surface area contributed by atoms with Gasteiger partial charge in [0.15, 0.2) is 5.13 Å². The number of nitrogen functional groups attached to an aromatic ring is 1. The third kappa shape index (κ3) is 3.56. The number of nitrogens with zero attached hydrogens (tertiary/aromatic N) is 2. The fourth-order valence-electron chi connectivity index (χ4n) is 1.68. The number of thiazole rings is 1. The van der Waals surface area contributed by atoms with Gasteiger partial charge in [0.2, 0.25) is 5.91 Å². The summed E-state index contributed by atoms with van der Waals surface area (Å²) in [5, 5.41) is 13.1. The van der Waals surface area contributed by atoms with Gasteiger partial charge >= 0.3 is 0 Å². The summed E-state index contributed by atoms with van der Waals surface area (Å²) in [7, 11) is 0. The van der Waals surface area contributed by atoms with Gasteiger partial charge < -0.3 is 11.1 Å². The number of carbonyl (C=O) groups excluding carboxylic acids is 1. The van der Waals surface area contributed by atoms with Crippen molar-refractivity contribution in [2.75, 3.05) is 16.8 Å². The Bertz CT molecular complexity index is 727. The van der Waals surface area contributed by atoms with Crippen molar-refractivity contribution in [2.24, 2.45) is 0 Å². The van der Waals surface area contributed by atoms with Crippen molar-refractivity contribution in [3.05, 3.63) is 21.7 Å². The molecule has 0 radical (unpaired) electrons. The fraction of sp³-hybridized carbons (Fsp3) is 0.308. The first-order valence-corrected chi connectivity index (χ1v) is 8.70. The molecular weight excluding hydrogens is 324 g/mol. The number of carbonyl (C=O) groups is 1. The van der Waals surface area contributed by atoms with Crippen molar-refractivity contribution in [3.8, 4) is 6.07 Å². The van der Waals surface area contributed by atoms with Crippen LogP contribution in [0.2, 0.25) is 0 Å². The Labute approximate surface area is 135 Å². The normalized spacial score (nSPS) is 10.4. The maximum atomic E-state index is 12.0. The zero-order chi connectivity index (χ0) is 15.6. The maximum Gasteiger partial charge on any atom is 0.235 e. The summed E-state index contributed by atoms with van der Waals surface area (Å²) in [6.45, 7) is 5.69. The van der Waals surface area contributed by atoms with E-state index >= 15 is 0 Å². The lowest BCUT2D eigenvalue weighted by atomic mass is 10.2. The predicted molar refractivity (Wildman–Crippen MR) is 89.1 cm³/mol. The van der Waals surface area contributed by atoms with Crippen LogP contribution >= 0.6 is 34.4 Å². The highest BCUT2D eigenvalue weighted by molar-refractivity contribution is 8.01. The number of amides is 1. The van der Waals surface area contributed by atoms with Crippen LogP contribution in [0.5, 0.6) is 0 Å². The van der Waals surface area contributed by atoms with E-state index in [9.17, 15) is 4.79 Å². The standard InChI is InChI=1S/C13H14N4OS3/c1-6-8(3)20-11(9(6)4-14)17-10(18)5-19-12-7(2)16-13(15)21-12/h5H2,1-3H3,(H2,15,16)(H,17,18). The monoisotopic (exact) mass is 338 g/mol. The number of nitrogens with one attached hydrogen (secondary N) is 1. The summed E-state index contributed by atoms with van der Waals surface area (Å²) in [6, 6.07) is 2.14. The third-order valence-corrected chi connectivity index (χ3v) is 6.33. The number of aromatic nitrogens is 1. The minimum absolute atomic E-state index is 0.135. The number of thiophene rings is 1. The highest BCUT2D eigenvalue weighted by Crippen LogP contribution is 2.33. The Morgan fingerprint density at radius 1 is 1.43 bits per heavy atom. The molecular formula is C13H14N4OS3. The molecule has 5 nitrogen and oxygen atoms in total. The van der Waals surface area contributed by atoms with Crippen molar-refractivity contribution in [1.82, 2.24) is 4.98 Å². The molecule has 1 amide bonds. The molecule has 0 saturated carbocycles. The molecule has 0 atom stereocenters. The Balaban J connectivity index is 2.01. The molecule has 0 spiro atoms. The van der Waals surface area contributed by atoms with E-state index in [-0.39, 0.29) is 11.7 Å². The number of anilines is 2. The van der Waals surface area contributed by atoms with Crippen LogP contribution in [0.1, 0.15) is 21.7 Å². The first kappa shape index (κ1) is 15.8. The van der Waals surface area contributed by atoms with Crippen LogP contribution < -0.4 is 11.1 Å². The number of thioether (sulfide) groups is 1. The highest BCUT2D eigenvalue weighted by atomic mass is 32.2. The topological polar surface area (TPSA) is 91.8 Å². The van der Waals surface area contributed by atoms with Crippen LogP contribution in [-0.4, -0.2) is 16.6 Å². The van der Waals surface area contributed by atoms with E-state index in [4.69, 9.17) is 11.0 Å². The lowest BCUT2D eigenvalue weighted by Gasteiger charge is -2.02. The van der Waals surface area contributed by atoms with Crippen molar-refractivity contribution in [1.29, 1.82) is 5.26 Å². The number of hydrogen-bond acceptors (Lipinski definition) is 7. The Morgan fingerprint density at radius 2 is 2.14 bits per heavy atom. The van der Waals surface area contributed by atoms with Gasteiger partial charge in [-0.05, 0) is 26.3 Å². The number of rotatable bonds is 4. The van der Waals surface area contributed by atoms with E-state index in [2.05, 4.69) is 16.4 Å². The molecule has 2 heterocycles. The van der Waals surface area contributed by atoms with Gasteiger partial charge in [0, 0.05) is 4.88 Å². The average molecular weight is 338 g/mol. The van der Waals surface area contributed by atoms with Crippen LogP contribution in [-0.2, 0) is 4.79 Å². The quantitative estimate of drug-likeness (QED) is 0.834. The van der Waals surface area contributed by atoms with E-state index < -0.39 is 0 Å². The molecule has 2 aromatic heterocycles. The molecule has 8 heteroatoms. The lowest BCUT2D eigenvalue weighted by Crippen LogP contribution is -2.13. The van der Waals surface area contributed by atoms with Gasteiger partial charge in [-0.1, -0.05) is 11.3 Å². The molecule has 0 saturated heterocycles. The van der Waals surface area contributed by atoms with Crippen LogP contribution in [0.15, 0.2) is 4.21 Å². The molecule has 2 rings (SSSR count). The summed E-state index contributed by atoms with van der Waals surface area (Å²) < 4.78 is 0.946. The largest absolute Gasteiger partial charge is 0.375 e. The SMILES string of the molecule is Cc1nc(N)sc1SCC(=O)Nc1sc(C)c(C)c1C#N. The average Bonchev–Trinajstić information content (AvgIpc) is 2.87. The van der Waals surface area contributed by atoms with Crippen molar-refractivity contribution in [2.45, 2.75) is 25.0 Å². The minimum atomic E-state index is -0.135. The number of hydrogen-bond donors (Lipinski definition) is 2. The number of aryl methyl sites for hydroxylation is 2. The van der Waals surface area contributed by atoms with E-state index in [1.54, 1.807) is 0 Å². The number of nitriles is 1. The second-order valence-corrected chi connectivity index (χ2v) is 7.86. The molecule has 0 aliphatic rings. The van der Waals surface area contributed by atoms with Gasteiger partial charge in [0.1, 0.15) is 11.1 Å². The van der Waals surface area contributed by atoms with Gasteiger partial charge in [0.05, 0.1) is 21.2 Å². The smallest absolute Gasteiger partial charge is 0.235 e. The zero-order valence-corrected chi connectivity index (χ0v) is 14.3. The summed E-state index contributed by atoms with van der Waals surface area (Å²) in [6.07, 6.45) is 0. The number of nitrogens with two attached hydrogens (primary N) is 1. The maximum absolute atomic E-state index is 12.0. The molecule has 3 N–H and O–H groups in total. The molecule has 0 unspecified atom stereocenters. The van der Waals surface area contributed by atoms with Crippen LogP contribution in [0, 0.1) is 32.1 Å². The van der Waals surface area contributed by atoms with Gasteiger partial charge in [-0.25, -0.2) is 4.98 Å². The summed E-state index contributed by atoms with van der Waals surface area (Å²) in [5.74, 6) is 0.132. The van der Waals surface area contributed by atoms with Crippen molar-refractivity contribution < 1.29 is 4.79 Å². The summed E-state index contributed by atoms with van der Waals surface area (Å²) >= 11 is 4.21. The zero-order valence-electron chi connectivity index (χ0n) is 11.8. The van der Waals surface area contributed by atoms with Gasteiger partial charge in [-0.2, -0.15) is 5.26 Å². The van der Waals surface area contributed by atoms with Gasteiger partial charge in [0.25, 0.3) is 0 Å². The molecule has 0 fully saturated rings. The Hall–Kier alpha value is -1.56. The Morgan fingerprint density at radius 3 is 2.71 bits per heavy atom. The first-order valence-electron chi connectivity index (χ1n) is 6.08. The van der Waals surface area contributed by atoms with Crippen LogP contribution in [0.4, 0.5) is 10.1 Å². The molecule has 0 aliphatic carbocycles. The molecule has 2 aromatic rings. The van der Waals surface area contributed by atoms with Crippen LogP contribution in [0.25, 0.3) is 0 Å². The Kier molecular flexibility index (Phi) is 4.88. The van der Waals surface area contributed by atoms with Gasteiger partial charge in [-0.3, -0.25) is 4.79 Å². The van der Waals surface area contributed by atoms with Crippen LogP contribution in [0.3, 0.4) is 0 Å². The van der Waals surface area contributed by atoms with E-state index in [1.807, 2.05) is 20.8 Å². The van der Waals surface area contributed by atoms with E-state index in [1.165, 1.54) is 34.4 Å². The highest BCUT2D eigenvalue weighted by Gasteiger charge is 2.15. The summed E-state index contributed by atoms with van der Waals surface area (Å²) in [5.41, 5.74) is 7.95. The fourth-order valence-corrected chi connectivity index (χ4v) is 4.53. The molecule has 0 aromatic carbocycles. The summed E-state index contributed by atoms with van der Waals surface area (Å²) in [4.78, 5) is 17.2. The lowest BCUT2D eigenvalue weighted by molar-refractivity contribution is -0.113. The molecule has 110 valence electrons. The second-order valence-electron chi connectivity index (χ2n) is 4.36. The first-order chi connectivity index (χ1) is 9.92. The van der Waals surface area contributed by atoms with Gasteiger partial charge in [-0.15, -0.1) is 23.1 Å². The molecule has 0 aliphatic heterocycles. The predicted octanol–water partition coefficient (Wildman–Crippen LogP) is 3.31. The molecule has 21 heavy (non-hydrogen) atoms. The van der Waals surface area contributed by atoms with Crippen molar-refractivity contribution in [3.63, 3.8) is 0 Å². The van der Waals surface area contributed by atoms with E-state index in [0.717, 1.165) is 20.3 Å². The third-order valence-electron chi connectivity index (χ3n) is 2.85.